The van der Waals surface area contributed by atoms with Crippen molar-refractivity contribution in [2.24, 2.45) is 0 Å². The van der Waals surface area contributed by atoms with E-state index in [0.29, 0.717) is 24.8 Å². The van der Waals surface area contributed by atoms with Crippen molar-refractivity contribution in [2.75, 3.05) is 56.7 Å². The molecule has 4 rings (SSSR count). The van der Waals surface area contributed by atoms with E-state index >= 15 is 0 Å². The fraction of sp³-hybridized carbons (Fsp3) is 0.647. The molecule has 152 valence electrons. The van der Waals surface area contributed by atoms with Crippen LogP contribution in [0.4, 0.5) is 10.6 Å². The minimum Gasteiger partial charge on any atom is -0.480 e. The molecule has 0 aliphatic carbocycles. The Kier molecular flexibility index (Phi) is 5.83. The zero-order chi connectivity index (χ0) is 19.7. The second-order valence-corrected chi connectivity index (χ2v) is 9.37. The summed E-state index contributed by atoms with van der Waals surface area (Å²) in [5.74, 6) is 2.47. The number of anilines is 1. The van der Waals surface area contributed by atoms with E-state index in [2.05, 4.69) is 15.1 Å². The van der Waals surface area contributed by atoms with Crippen LogP contribution in [0, 0.1) is 0 Å². The first-order valence-electron chi connectivity index (χ1n) is 9.16. The van der Waals surface area contributed by atoms with Crippen molar-refractivity contribution < 1.29 is 19.1 Å². The van der Waals surface area contributed by atoms with Crippen molar-refractivity contribution in [1.29, 1.82) is 0 Å². The van der Waals surface area contributed by atoms with Gasteiger partial charge in [0.2, 0.25) is 11.8 Å². The molecule has 0 radical (unpaired) electrons. The van der Waals surface area contributed by atoms with Gasteiger partial charge in [0.25, 0.3) is 0 Å². The molecule has 3 unspecified atom stereocenters. The fourth-order valence-corrected chi connectivity index (χ4v) is 6.46. The quantitative estimate of drug-likeness (QED) is 0.696. The molecule has 0 N–H and O–H groups in total. The Morgan fingerprint density at radius 3 is 2.57 bits per heavy atom. The minimum absolute atomic E-state index is 0.0853. The van der Waals surface area contributed by atoms with Crippen LogP contribution in [0.25, 0.3) is 0 Å². The van der Waals surface area contributed by atoms with Gasteiger partial charge in [-0.1, -0.05) is 0 Å². The van der Waals surface area contributed by atoms with E-state index in [0.717, 1.165) is 24.6 Å². The number of methoxy groups -OCH3 is 1. The summed E-state index contributed by atoms with van der Waals surface area (Å²) in [4.78, 5) is 31.2. The number of piperazine rings is 1. The lowest BCUT2D eigenvalue weighted by Crippen LogP contribution is -2.50. The summed E-state index contributed by atoms with van der Waals surface area (Å²) < 4.78 is 10.9. The SMILES string of the molecule is COc1ccc(N2C(=O)C3SCCSC3C2OC(=O)N2CCN(C)CC2)nn1. The summed E-state index contributed by atoms with van der Waals surface area (Å²) in [7, 11) is 3.54. The summed E-state index contributed by atoms with van der Waals surface area (Å²) >= 11 is 3.30. The fourth-order valence-electron chi connectivity index (χ4n) is 3.47. The molecule has 3 aliphatic heterocycles. The molecule has 9 nitrogen and oxygen atoms in total. The average Bonchev–Trinajstić information content (AvgIpc) is 3.00. The smallest absolute Gasteiger partial charge is 0.411 e. The summed E-state index contributed by atoms with van der Waals surface area (Å²) in [6.07, 6.45) is -1.07. The van der Waals surface area contributed by atoms with Crippen LogP contribution in [0.5, 0.6) is 5.88 Å². The number of thioether (sulfide) groups is 2. The van der Waals surface area contributed by atoms with Crippen LogP contribution in [-0.4, -0.2) is 101 Å². The summed E-state index contributed by atoms with van der Waals surface area (Å²) in [5.41, 5.74) is 0. The maximum atomic E-state index is 13.1. The molecular weight excluding hydrogens is 402 g/mol. The molecule has 0 bridgehead atoms. The molecule has 1 aromatic rings. The van der Waals surface area contributed by atoms with Gasteiger partial charge in [0, 0.05) is 43.8 Å². The van der Waals surface area contributed by atoms with Crippen LogP contribution >= 0.6 is 23.5 Å². The Morgan fingerprint density at radius 1 is 1.14 bits per heavy atom. The maximum absolute atomic E-state index is 13.1. The van der Waals surface area contributed by atoms with Gasteiger partial charge >= 0.3 is 6.09 Å². The number of nitrogens with zero attached hydrogens (tertiary/aromatic N) is 5. The molecule has 3 saturated heterocycles. The number of ether oxygens (including phenoxy) is 2. The molecule has 11 heteroatoms. The Balaban J connectivity index is 1.57. The minimum atomic E-state index is -0.690. The summed E-state index contributed by atoms with van der Waals surface area (Å²) in [6.45, 7) is 2.86. The molecule has 4 heterocycles. The second-order valence-electron chi connectivity index (χ2n) is 6.83. The zero-order valence-corrected chi connectivity index (χ0v) is 17.4. The van der Waals surface area contributed by atoms with E-state index in [1.54, 1.807) is 40.6 Å². The largest absolute Gasteiger partial charge is 0.480 e. The summed E-state index contributed by atoms with van der Waals surface area (Å²) in [5, 5.41) is 7.73. The lowest BCUT2D eigenvalue weighted by molar-refractivity contribution is -0.117. The Morgan fingerprint density at radius 2 is 1.89 bits per heavy atom. The van der Waals surface area contributed by atoms with Gasteiger partial charge in [0.05, 0.1) is 12.4 Å². The van der Waals surface area contributed by atoms with E-state index in [-0.39, 0.29) is 22.5 Å². The van der Waals surface area contributed by atoms with E-state index < -0.39 is 6.23 Å². The highest BCUT2D eigenvalue weighted by Gasteiger charge is 2.53. The molecule has 2 amide bonds. The number of fused-ring (bicyclic) bond motifs is 1. The normalized spacial score (nSPS) is 28.2. The third-order valence-corrected chi connectivity index (χ3v) is 8.12. The highest BCUT2D eigenvalue weighted by atomic mass is 32.2. The monoisotopic (exact) mass is 425 g/mol. The van der Waals surface area contributed by atoms with Crippen LogP contribution < -0.4 is 9.64 Å². The molecule has 3 fully saturated rings. The number of hydrogen-bond acceptors (Lipinski definition) is 9. The lowest BCUT2D eigenvalue weighted by Gasteiger charge is -2.34. The number of aromatic nitrogens is 2. The van der Waals surface area contributed by atoms with E-state index in [4.69, 9.17) is 9.47 Å². The van der Waals surface area contributed by atoms with E-state index in [9.17, 15) is 9.59 Å². The molecule has 3 aliphatic rings. The number of rotatable bonds is 3. The third kappa shape index (κ3) is 3.74. The number of carbonyl (C=O) groups excluding carboxylic acids is 2. The van der Waals surface area contributed by atoms with Crippen molar-refractivity contribution in [3.63, 3.8) is 0 Å². The lowest BCUT2D eigenvalue weighted by atomic mass is 10.3. The first kappa shape index (κ1) is 19.6. The zero-order valence-electron chi connectivity index (χ0n) is 15.8. The van der Waals surface area contributed by atoms with Crippen molar-refractivity contribution in [3.8, 4) is 5.88 Å². The molecule has 0 saturated carbocycles. The number of likely N-dealkylation sites (N-methyl/N-ethyl adjacent to an activating group) is 1. The molecule has 0 spiro atoms. The van der Waals surface area contributed by atoms with E-state index in [1.165, 1.54) is 12.0 Å². The van der Waals surface area contributed by atoms with Gasteiger partial charge in [-0.05, 0) is 13.1 Å². The third-order valence-electron chi connectivity index (χ3n) is 5.07. The molecule has 1 aromatic heterocycles. The van der Waals surface area contributed by atoms with Crippen molar-refractivity contribution in [1.82, 2.24) is 20.0 Å². The van der Waals surface area contributed by atoms with Crippen LogP contribution in [0.1, 0.15) is 0 Å². The topological polar surface area (TPSA) is 88.1 Å². The van der Waals surface area contributed by atoms with Crippen LogP contribution in [-0.2, 0) is 9.53 Å². The number of hydrogen-bond donors (Lipinski definition) is 0. The highest BCUT2D eigenvalue weighted by molar-refractivity contribution is 8.07. The second kappa shape index (κ2) is 8.34. The number of amides is 2. The van der Waals surface area contributed by atoms with Gasteiger partial charge in [-0.15, -0.1) is 22.0 Å². The van der Waals surface area contributed by atoms with E-state index in [1.807, 2.05) is 7.05 Å². The van der Waals surface area contributed by atoms with Crippen molar-refractivity contribution >= 4 is 41.3 Å². The highest BCUT2D eigenvalue weighted by Crippen LogP contribution is 2.43. The standard InChI is InChI=1S/C17H23N5O4S2/c1-20-5-7-21(8-6-20)17(24)26-16-14-13(27-9-10-28-14)15(23)22(16)11-3-4-12(25-2)19-18-11/h3-4,13-14,16H,5-10H2,1-2H3. The van der Waals surface area contributed by atoms with Gasteiger partial charge in [0.15, 0.2) is 12.0 Å². The summed E-state index contributed by atoms with van der Waals surface area (Å²) in [6, 6.07) is 3.32. The molecular formula is C17H23N5O4S2. The van der Waals surface area contributed by atoms with Gasteiger partial charge < -0.3 is 19.3 Å². The van der Waals surface area contributed by atoms with Gasteiger partial charge in [-0.2, -0.15) is 11.8 Å². The molecule has 28 heavy (non-hydrogen) atoms. The number of carbonyl (C=O) groups is 2. The Hall–Kier alpha value is -1.72. The molecule has 0 aromatic carbocycles. The van der Waals surface area contributed by atoms with Gasteiger partial charge in [-0.25, -0.2) is 4.79 Å². The van der Waals surface area contributed by atoms with Crippen molar-refractivity contribution in [2.45, 2.75) is 16.7 Å². The predicted octanol–water partition coefficient (Wildman–Crippen LogP) is 0.759. The first-order chi connectivity index (χ1) is 13.6. The molecule has 3 atom stereocenters. The van der Waals surface area contributed by atoms with Crippen LogP contribution in [0.2, 0.25) is 0 Å². The Bertz CT molecular complexity index is 729. The average molecular weight is 426 g/mol. The first-order valence-corrected chi connectivity index (χ1v) is 11.3. The Labute approximate surface area is 172 Å². The van der Waals surface area contributed by atoms with Crippen molar-refractivity contribution in [3.05, 3.63) is 12.1 Å². The van der Waals surface area contributed by atoms with Gasteiger partial charge in [0.1, 0.15) is 5.25 Å². The predicted molar refractivity (Wildman–Crippen MR) is 108 cm³/mol. The van der Waals surface area contributed by atoms with Crippen LogP contribution in [0.3, 0.4) is 0 Å². The van der Waals surface area contributed by atoms with Gasteiger partial charge in [-0.3, -0.25) is 9.69 Å². The van der Waals surface area contributed by atoms with Crippen LogP contribution in [0.15, 0.2) is 12.1 Å². The maximum Gasteiger partial charge on any atom is 0.411 e.